The Morgan fingerprint density at radius 1 is 0.812 bits per heavy atom. The van der Waals surface area contributed by atoms with Crippen LogP contribution in [0.5, 0.6) is 0 Å². The van der Waals surface area contributed by atoms with E-state index in [9.17, 15) is 16.8 Å². The molecule has 14 heteroatoms. The van der Waals surface area contributed by atoms with E-state index >= 15 is 0 Å². The molecule has 0 aliphatic rings. The highest BCUT2D eigenvalue weighted by molar-refractivity contribution is 7.85. The number of amidine groups is 2. The lowest BCUT2D eigenvalue weighted by molar-refractivity contribution is 0.224. The van der Waals surface area contributed by atoms with Crippen LogP contribution in [0.3, 0.4) is 0 Å². The van der Waals surface area contributed by atoms with Crippen LogP contribution in [0.25, 0.3) is 0 Å². The van der Waals surface area contributed by atoms with Gasteiger partial charge in [-0.25, -0.2) is 11.0 Å². The molecule has 0 rings (SSSR count). The molecule has 0 bridgehead atoms. The lowest BCUT2D eigenvalue weighted by Crippen LogP contribution is -2.38. The smallest absolute Gasteiger partial charge is 0.290 e. The molecule has 0 saturated carbocycles. The third-order valence-corrected chi connectivity index (χ3v) is 1.68. The molecule has 0 aromatic rings. The van der Waals surface area contributed by atoms with Gasteiger partial charge in [-0.2, -0.15) is 16.8 Å². The Hall–Kier alpha value is -1.32. The van der Waals surface area contributed by atoms with Crippen molar-refractivity contribution in [2.45, 2.75) is 0 Å². The summed E-state index contributed by atoms with van der Waals surface area (Å²) in [6, 6.07) is 0. The molecule has 0 saturated heterocycles. The van der Waals surface area contributed by atoms with Gasteiger partial charge in [0.2, 0.25) is 11.7 Å². The monoisotopic (exact) mass is 278 g/mol. The maximum Gasteiger partial charge on any atom is 0.380 e. The van der Waals surface area contributed by atoms with Gasteiger partial charge in [-0.15, -0.1) is 8.80 Å². The lowest BCUT2D eigenvalue weighted by Gasteiger charge is -2.04. The van der Waals surface area contributed by atoms with E-state index in [0.29, 0.717) is 0 Å². The van der Waals surface area contributed by atoms with Crippen LogP contribution < -0.4 is 11.0 Å². The van der Waals surface area contributed by atoms with Crippen LogP contribution >= 0.6 is 0 Å². The zero-order valence-corrected chi connectivity index (χ0v) is 8.77. The molecule has 0 aromatic heterocycles. The summed E-state index contributed by atoms with van der Waals surface area (Å²) in [7, 11) is -9.98. The second-order valence-corrected chi connectivity index (χ2v) is 4.16. The maximum atomic E-state index is 10.2. The first-order valence-corrected chi connectivity index (χ1v) is 5.84. The third-order valence-electron chi connectivity index (χ3n) is 0.849. The van der Waals surface area contributed by atoms with Crippen LogP contribution in [0.15, 0.2) is 8.80 Å². The zero-order valence-electron chi connectivity index (χ0n) is 7.13. The van der Waals surface area contributed by atoms with E-state index in [-0.39, 0.29) is 0 Å². The lowest BCUT2D eigenvalue weighted by atomic mass is 10.6. The molecule has 0 heterocycles. The van der Waals surface area contributed by atoms with E-state index in [1.807, 2.05) is 0 Å². The first kappa shape index (κ1) is 14.7. The second kappa shape index (κ2) is 5.14. The molecule has 0 aromatic carbocycles. The van der Waals surface area contributed by atoms with Crippen LogP contribution in [0.4, 0.5) is 0 Å². The Balaban J connectivity index is 5.57. The number of nitrogens with zero attached hydrogens (tertiary/aromatic N) is 2. The van der Waals surface area contributed by atoms with Gasteiger partial charge < -0.3 is 0 Å². The summed E-state index contributed by atoms with van der Waals surface area (Å²) in [6.07, 6.45) is 0. The molecular formula is C2H6N4O8S2. The molecular weight excluding hydrogens is 272 g/mol. The summed E-state index contributed by atoms with van der Waals surface area (Å²) in [6.45, 7) is 0. The summed E-state index contributed by atoms with van der Waals surface area (Å²) < 4.78 is 62.0. The minimum atomic E-state index is -4.99. The normalized spacial score (nSPS) is 14.8. The minimum absolute atomic E-state index is 1.01. The minimum Gasteiger partial charge on any atom is -0.290 e. The van der Waals surface area contributed by atoms with Crippen molar-refractivity contribution in [1.29, 1.82) is 0 Å². The molecule has 0 aliphatic carbocycles. The van der Waals surface area contributed by atoms with Gasteiger partial charge in [0.1, 0.15) is 0 Å². The highest BCUT2D eigenvalue weighted by Crippen LogP contribution is 1.91. The summed E-state index contributed by atoms with van der Waals surface area (Å²) >= 11 is 0. The van der Waals surface area contributed by atoms with Crippen LogP contribution in [0, 0.1) is 0 Å². The molecule has 6 N–H and O–H groups in total. The van der Waals surface area contributed by atoms with E-state index in [1.54, 1.807) is 0 Å². The number of nitrogens with one attached hydrogen (secondary N) is 2. The average molecular weight is 278 g/mol. The average Bonchev–Trinajstić information content (AvgIpc) is 2.07. The van der Waals surface area contributed by atoms with Crippen molar-refractivity contribution in [3.8, 4) is 0 Å². The van der Waals surface area contributed by atoms with Crippen LogP contribution in [0.1, 0.15) is 0 Å². The van der Waals surface area contributed by atoms with E-state index < -0.39 is 32.3 Å². The van der Waals surface area contributed by atoms with Gasteiger partial charge in [-0.05, 0) is 0 Å². The van der Waals surface area contributed by atoms with E-state index in [0.717, 1.165) is 11.0 Å². The molecule has 0 spiro atoms. The quantitative estimate of drug-likeness (QED) is 0.134. The predicted octanol–water partition coefficient (Wildman–Crippen LogP) is -2.65. The highest BCUT2D eigenvalue weighted by Gasteiger charge is 2.15. The Morgan fingerprint density at radius 3 is 1.19 bits per heavy atom. The third kappa shape index (κ3) is 6.22. The Bertz CT molecular complexity index is 452. The largest absolute Gasteiger partial charge is 0.380 e. The van der Waals surface area contributed by atoms with Gasteiger partial charge in [0.05, 0.1) is 0 Å². The number of hydroxylamine groups is 2. The van der Waals surface area contributed by atoms with E-state index in [2.05, 4.69) is 8.80 Å². The topological polar surface area (TPSA) is 198 Å². The molecule has 16 heavy (non-hydrogen) atoms. The molecule has 0 radical (unpaired) electrons. The van der Waals surface area contributed by atoms with Gasteiger partial charge in [-0.3, -0.25) is 19.5 Å². The van der Waals surface area contributed by atoms with E-state index in [4.69, 9.17) is 19.5 Å². The summed E-state index contributed by atoms with van der Waals surface area (Å²) in [5, 5.41) is 16.6. The van der Waals surface area contributed by atoms with E-state index in [1.165, 1.54) is 0 Å². The summed E-state index contributed by atoms with van der Waals surface area (Å²) in [5.74, 6) is -2.55. The maximum absolute atomic E-state index is 10.2. The number of rotatable bonds is 2. The van der Waals surface area contributed by atoms with Crippen LogP contribution in [-0.4, -0.2) is 48.0 Å². The van der Waals surface area contributed by atoms with Crippen molar-refractivity contribution < 1.29 is 36.4 Å². The summed E-state index contributed by atoms with van der Waals surface area (Å²) in [5.41, 5.74) is 2.03. The van der Waals surface area contributed by atoms with Gasteiger partial charge in [0, 0.05) is 0 Å². The van der Waals surface area contributed by atoms with Gasteiger partial charge in [0.25, 0.3) is 0 Å². The number of hydrogen-bond acceptors (Lipinski definition) is 6. The van der Waals surface area contributed by atoms with Gasteiger partial charge in [-0.1, -0.05) is 0 Å². The van der Waals surface area contributed by atoms with Crippen LogP contribution in [-0.2, 0) is 20.6 Å². The molecule has 94 valence electrons. The molecule has 12 nitrogen and oxygen atoms in total. The van der Waals surface area contributed by atoms with Gasteiger partial charge in [0.15, 0.2) is 0 Å². The van der Waals surface area contributed by atoms with Crippen LogP contribution in [0.2, 0.25) is 0 Å². The van der Waals surface area contributed by atoms with Gasteiger partial charge >= 0.3 is 20.6 Å². The molecule has 0 unspecified atom stereocenters. The second-order valence-electron chi connectivity index (χ2n) is 2.00. The number of hydrogen-bond donors (Lipinski definition) is 6. The van der Waals surface area contributed by atoms with Crippen molar-refractivity contribution in [2.24, 2.45) is 8.80 Å². The fourth-order valence-corrected chi connectivity index (χ4v) is 1.18. The van der Waals surface area contributed by atoms with Crippen molar-refractivity contribution in [1.82, 2.24) is 11.0 Å². The molecule has 0 aliphatic heterocycles. The summed E-state index contributed by atoms with van der Waals surface area (Å²) in [4.78, 5) is 0. The zero-order chi connectivity index (χ0) is 13.0. The van der Waals surface area contributed by atoms with Crippen molar-refractivity contribution in [3.05, 3.63) is 0 Å². The fourth-order valence-electron chi connectivity index (χ4n) is 0.464. The predicted molar refractivity (Wildman–Crippen MR) is 47.8 cm³/mol. The first-order chi connectivity index (χ1) is 7.09. The molecule has 0 amide bonds. The Kier molecular flexibility index (Phi) is 4.72. The Morgan fingerprint density at radius 2 is 1.06 bits per heavy atom. The molecule has 0 atom stereocenters. The van der Waals surface area contributed by atoms with Crippen molar-refractivity contribution >= 4 is 32.3 Å². The highest BCUT2D eigenvalue weighted by atomic mass is 32.2. The fraction of sp³-hybridized carbons (Fsp3) is 0. The van der Waals surface area contributed by atoms with Crippen molar-refractivity contribution in [2.75, 3.05) is 0 Å². The standard InChI is InChI=1S/C2H6N4O8S2/c7-3-1(5-15(9,10)11)2(4-8)6-16(12,13)14/h7-8H,(H,3,5)(H,4,6)(H,9,10,11)(H,12,13,14). The SMILES string of the molecule is O=S(=O)(O)/N=C(NO)/C(=N\S(=O)(=O)O)NO. The first-order valence-electron chi connectivity index (χ1n) is 3.04. The van der Waals surface area contributed by atoms with Crippen molar-refractivity contribution in [3.63, 3.8) is 0 Å². The Labute approximate surface area is 89.0 Å². The molecule has 0 fully saturated rings.